The molecule has 0 aromatic heterocycles. The SMILES string of the molecule is Cc1cc(O)cc2c1C(=O)CC1(CCCC1)O2. The lowest BCUT2D eigenvalue weighted by molar-refractivity contribution is 0.0448. The van der Waals surface area contributed by atoms with E-state index in [0.29, 0.717) is 17.7 Å². The number of aromatic hydroxyl groups is 1. The number of phenols is 1. The number of hydrogen-bond donors (Lipinski definition) is 1. The summed E-state index contributed by atoms with van der Waals surface area (Å²) in [4.78, 5) is 12.2. The minimum absolute atomic E-state index is 0.158. The molecule has 1 N–H and O–H groups in total. The number of carbonyl (C=O) groups is 1. The van der Waals surface area contributed by atoms with Crippen molar-refractivity contribution in [3.8, 4) is 11.5 Å². The summed E-state index contributed by atoms with van der Waals surface area (Å²) >= 11 is 0. The lowest BCUT2D eigenvalue weighted by Crippen LogP contribution is -2.39. The zero-order valence-electron chi connectivity index (χ0n) is 9.95. The van der Waals surface area contributed by atoms with E-state index in [4.69, 9.17) is 4.74 Å². The Morgan fingerprint density at radius 1 is 1.29 bits per heavy atom. The van der Waals surface area contributed by atoms with Gasteiger partial charge in [0, 0.05) is 6.07 Å². The van der Waals surface area contributed by atoms with Crippen molar-refractivity contribution in [2.75, 3.05) is 0 Å². The maximum atomic E-state index is 12.2. The van der Waals surface area contributed by atoms with E-state index in [0.717, 1.165) is 31.2 Å². The molecule has 1 saturated carbocycles. The number of benzene rings is 1. The highest BCUT2D eigenvalue weighted by Gasteiger charge is 2.43. The highest BCUT2D eigenvalue weighted by atomic mass is 16.5. The number of phenolic OH excluding ortho intramolecular Hbond substituents is 1. The fourth-order valence-corrected chi connectivity index (χ4v) is 3.12. The van der Waals surface area contributed by atoms with Crippen LogP contribution in [-0.4, -0.2) is 16.5 Å². The van der Waals surface area contributed by atoms with E-state index in [9.17, 15) is 9.90 Å². The fourth-order valence-electron chi connectivity index (χ4n) is 3.12. The second-order valence-electron chi connectivity index (χ2n) is 5.23. The van der Waals surface area contributed by atoms with Crippen molar-refractivity contribution in [2.45, 2.75) is 44.6 Å². The highest BCUT2D eigenvalue weighted by Crippen LogP contribution is 2.44. The van der Waals surface area contributed by atoms with E-state index in [1.807, 2.05) is 6.92 Å². The Labute approximate surface area is 100 Å². The average Bonchev–Trinajstić information content (AvgIpc) is 2.63. The standard InChI is InChI=1S/C14H16O3/c1-9-6-10(15)7-12-13(9)11(16)8-14(17-12)4-2-3-5-14/h6-7,15H,2-5,8H2,1H3. The number of hydrogen-bond acceptors (Lipinski definition) is 3. The van der Waals surface area contributed by atoms with Gasteiger partial charge in [0.05, 0.1) is 12.0 Å². The molecular weight excluding hydrogens is 216 g/mol. The molecule has 1 heterocycles. The normalized spacial score (nSPS) is 21.4. The molecule has 0 amide bonds. The average molecular weight is 232 g/mol. The van der Waals surface area contributed by atoms with Gasteiger partial charge >= 0.3 is 0 Å². The molecule has 2 aliphatic rings. The molecule has 17 heavy (non-hydrogen) atoms. The largest absolute Gasteiger partial charge is 0.508 e. The third-order valence-corrected chi connectivity index (χ3v) is 3.89. The van der Waals surface area contributed by atoms with Crippen LogP contribution in [0.5, 0.6) is 11.5 Å². The van der Waals surface area contributed by atoms with Crippen LogP contribution in [0.4, 0.5) is 0 Å². The Morgan fingerprint density at radius 3 is 2.71 bits per heavy atom. The minimum Gasteiger partial charge on any atom is -0.508 e. The van der Waals surface area contributed by atoms with Crippen LogP contribution in [0, 0.1) is 6.92 Å². The number of aryl methyl sites for hydroxylation is 1. The smallest absolute Gasteiger partial charge is 0.170 e. The third-order valence-electron chi connectivity index (χ3n) is 3.89. The summed E-state index contributed by atoms with van der Waals surface area (Å²) in [6.45, 7) is 1.84. The molecule has 0 saturated heterocycles. The molecule has 0 radical (unpaired) electrons. The molecule has 1 aliphatic carbocycles. The summed E-state index contributed by atoms with van der Waals surface area (Å²) in [7, 11) is 0. The lowest BCUT2D eigenvalue weighted by atomic mass is 9.87. The van der Waals surface area contributed by atoms with Gasteiger partial charge in [-0.05, 0) is 44.2 Å². The second-order valence-corrected chi connectivity index (χ2v) is 5.23. The first-order valence-corrected chi connectivity index (χ1v) is 6.15. The van der Waals surface area contributed by atoms with E-state index in [1.54, 1.807) is 12.1 Å². The number of carbonyl (C=O) groups excluding carboxylic acids is 1. The Kier molecular flexibility index (Phi) is 2.18. The van der Waals surface area contributed by atoms with Gasteiger partial charge in [0.2, 0.25) is 0 Å². The highest BCUT2D eigenvalue weighted by molar-refractivity contribution is 6.02. The van der Waals surface area contributed by atoms with Gasteiger partial charge in [-0.15, -0.1) is 0 Å². The van der Waals surface area contributed by atoms with Crippen LogP contribution >= 0.6 is 0 Å². The summed E-state index contributed by atoms with van der Waals surface area (Å²) < 4.78 is 6.03. The number of ketones is 1. The molecule has 1 fully saturated rings. The van der Waals surface area contributed by atoms with Crippen LogP contribution in [0.1, 0.15) is 48.0 Å². The Balaban J connectivity index is 2.09. The van der Waals surface area contributed by atoms with Gasteiger partial charge in [0.1, 0.15) is 17.1 Å². The summed E-state index contributed by atoms with van der Waals surface area (Å²) in [5, 5.41) is 9.60. The summed E-state index contributed by atoms with van der Waals surface area (Å²) in [6, 6.07) is 3.19. The Morgan fingerprint density at radius 2 is 2.00 bits per heavy atom. The summed E-state index contributed by atoms with van der Waals surface area (Å²) in [6.07, 6.45) is 4.65. The predicted molar refractivity (Wildman–Crippen MR) is 63.6 cm³/mol. The van der Waals surface area contributed by atoms with Gasteiger partial charge in [0.25, 0.3) is 0 Å². The van der Waals surface area contributed by atoms with Crippen LogP contribution in [0.3, 0.4) is 0 Å². The van der Waals surface area contributed by atoms with Crippen LogP contribution in [0.15, 0.2) is 12.1 Å². The Hall–Kier alpha value is -1.51. The molecule has 0 unspecified atom stereocenters. The van der Waals surface area contributed by atoms with E-state index in [2.05, 4.69) is 0 Å². The van der Waals surface area contributed by atoms with Crippen molar-refractivity contribution in [3.05, 3.63) is 23.3 Å². The second kappa shape index (κ2) is 3.49. The first-order valence-electron chi connectivity index (χ1n) is 6.15. The molecular formula is C14H16O3. The molecule has 3 nitrogen and oxygen atoms in total. The van der Waals surface area contributed by atoms with Crippen molar-refractivity contribution < 1.29 is 14.6 Å². The molecule has 1 spiro atoms. The van der Waals surface area contributed by atoms with Gasteiger partial charge in [-0.3, -0.25) is 4.79 Å². The van der Waals surface area contributed by atoms with Crippen LogP contribution in [0.25, 0.3) is 0 Å². The van der Waals surface area contributed by atoms with E-state index in [-0.39, 0.29) is 17.1 Å². The fraction of sp³-hybridized carbons (Fsp3) is 0.500. The van der Waals surface area contributed by atoms with Crippen LogP contribution in [0.2, 0.25) is 0 Å². The molecule has 1 aliphatic heterocycles. The van der Waals surface area contributed by atoms with Crippen molar-refractivity contribution in [1.82, 2.24) is 0 Å². The number of Topliss-reactive ketones (excluding diaryl/α,β-unsaturated/α-hetero) is 1. The van der Waals surface area contributed by atoms with Crippen molar-refractivity contribution in [3.63, 3.8) is 0 Å². The van der Waals surface area contributed by atoms with Gasteiger partial charge < -0.3 is 9.84 Å². The zero-order valence-corrected chi connectivity index (χ0v) is 9.95. The third kappa shape index (κ3) is 1.61. The van der Waals surface area contributed by atoms with Crippen LogP contribution in [-0.2, 0) is 0 Å². The predicted octanol–water partition coefficient (Wildman–Crippen LogP) is 2.98. The topological polar surface area (TPSA) is 46.5 Å². The van der Waals surface area contributed by atoms with E-state index >= 15 is 0 Å². The maximum Gasteiger partial charge on any atom is 0.170 e. The van der Waals surface area contributed by atoms with Crippen LogP contribution < -0.4 is 4.74 Å². The van der Waals surface area contributed by atoms with Gasteiger partial charge in [-0.25, -0.2) is 0 Å². The number of fused-ring (bicyclic) bond motifs is 1. The molecule has 1 aromatic rings. The monoisotopic (exact) mass is 232 g/mol. The molecule has 90 valence electrons. The zero-order chi connectivity index (χ0) is 12.0. The van der Waals surface area contributed by atoms with Gasteiger partial charge in [-0.2, -0.15) is 0 Å². The van der Waals surface area contributed by atoms with Crippen molar-refractivity contribution in [1.29, 1.82) is 0 Å². The van der Waals surface area contributed by atoms with Gasteiger partial charge in [-0.1, -0.05) is 0 Å². The first-order chi connectivity index (χ1) is 8.10. The molecule has 1 aromatic carbocycles. The first kappa shape index (κ1) is 10.6. The maximum absolute atomic E-state index is 12.2. The molecule has 0 bridgehead atoms. The minimum atomic E-state index is -0.287. The molecule has 3 heteroatoms. The quantitative estimate of drug-likeness (QED) is 0.748. The van der Waals surface area contributed by atoms with Crippen molar-refractivity contribution in [2.24, 2.45) is 0 Å². The van der Waals surface area contributed by atoms with Crippen molar-refractivity contribution >= 4 is 5.78 Å². The van der Waals surface area contributed by atoms with E-state index in [1.165, 1.54) is 0 Å². The van der Waals surface area contributed by atoms with Gasteiger partial charge in [0.15, 0.2) is 5.78 Å². The summed E-state index contributed by atoms with van der Waals surface area (Å²) in [5.74, 6) is 0.899. The number of rotatable bonds is 0. The molecule has 0 atom stereocenters. The Bertz CT molecular complexity index is 484. The lowest BCUT2D eigenvalue weighted by Gasteiger charge is -2.35. The molecule has 3 rings (SSSR count). The number of ether oxygens (including phenoxy) is 1. The summed E-state index contributed by atoms with van der Waals surface area (Å²) in [5.41, 5.74) is 1.17. The van der Waals surface area contributed by atoms with E-state index < -0.39 is 0 Å².